The van der Waals surface area contributed by atoms with Crippen molar-refractivity contribution in [3.8, 4) is 0 Å². The molecule has 37 heavy (non-hydrogen) atoms. The standard InChI is InChI=1S/C31H33FN2O2S/c1-2-6-23-7-3-4-8-29(23)31(36)33-27-13-15-28(16-14-27)37-22-5-19-34-20-17-25(18-21-34)30(35)24-9-11-26(32)12-10-24/h2-4,6-16,25H,5,17-22H2,1H3,(H,33,36)/b6-2+. The number of carbonyl (C=O) groups is 2. The maximum atomic E-state index is 13.1. The van der Waals surface area contributed by atoms with Crippen molar-refractivity contribution in [3.63, 3.8) is 0 Å². The van der Waals surface area contributed by atoms with Crippen molar-refractivity contribution in [1.82, 2.24) is 4.90 Å². The van der Waals surface area contributed by atoms with Crippen LogP contribution in [0.15, 0.2) is 83.8 Å². The number of halogens is 1. The van der Waals surface area contributed by atoms with Crippen LogP contribution in [0.3, 0.4) is 0 Å². The molecule has 1 aliphatic rings. The zero-order valence-electron chi connectivity index (χ0n) is 21.2. The third kappa shape index (κ3) is 7.63. The van der Waals surface area contributed by atoms with Gasteiger partial charge in [-0.3, -0.25) is 9.59 Å². The van der Waals surface area contributed by atoms with Gasteiger partial charge in [0.05, 0.1) is 0 Å². The summed E-state index contributed by atoms with van der Waals surface area (Å²) in [5, 5.41) is 2.99. The average molecular weight is 517 g/mol. The van der Waals surface area contributed by atoms with Crippen LogP contribution in [0.25, 0.3) is 6.08 Å². The van der Waals surface area contributed by atoms with Crippen molar-refractivity contribution in [2.75, 3.05) is 30.7 Å². The molecule has 0 atom stereocenters. The summed E-state index contributed by atoms with van der Waals surface area (Å²) in [5.74, 6) is 0.756. The summed E-state index contributed by atoms with van der Waals surface area (Å²) >= 11 is 1.81. The Morgan fingerprint density at radius 1 is 1.00 bits per heavy atom. The van der Waals surface area contributed by atoms with Crippen molar-refractivity contribution in [1.29, 1.82) is 0 Å². The predicted molar refractivity (Wildman–Crippen MR) is 151 cm³/mol. The number of allylic oxidation sites excluding steroid dienone is 1. The van der Waals surface area contributed by atoms with Gasteiger partial charge in [-0.2, -0.15) is 0 Å². The summed E-state index contributed by atoms with van der Waals surface area (Å²) in [7, 11) is 0. The summed E-state index contributed by atoms with van der Waals surface area (Å²) < 4.78 is 13.1. The fourth-order valence-corrected chi connectivity index (χ4v) is 5.45. The largest absolute Gasteiger partial charge is 0.322 e. The summed E-state index contributed by atoms with van der Waals surface area (Å²) in [5.41, 5.74) is 2.95. The van der Waals surface area contributed by atoms with Gasteiger partial charge in [-0.15, -0.1) is 11.8 Å². The van der Waals surface area contributed by atoms with E-state index in [1.54, 1.807) is 12.1 Å². The van der Waals surface area contributed by atoms with Gasteiger partial charge in [0.1, 0.15) is 5.82 Å². The maximum Gasteiger partial charge on any atom is 0.256 e. The topological polar surface area (TPSA) is 49.4 Å². The number of nitrogens with zero attached hydrogens (tertiary/aromatic N) is 1. The van der Waals surface area contributed by atoms with Crippen LogP contribution in [0.5, 0.6) is 0 Å². The van der Waals surface area contributed by atoms with Crippen molar-refractivity contribution in [3.05, 3.63) is 101 Å². The summed E-state index contributed by atoms with van der Waals surface area (Å²) in [4.78, 5) is 29.0. The van der Waals surface area contributed by atoms with Gasteiger partial charge in [-0.1, -0.05) is 30.4 Å². The molecule has 4 rings (SSSR count). The Kier molecular flexibility index (Phi) is 9.69. The lowest BCUT2D eigenvalue weighted by Gasteiger charge is -2.31. The van der Waals surface area contributed by atoms with E-state index in [0.29, 0.717) is 11.1 Å². The number of anilines is 1. The van der Waals surface area contributed by atoms with Crippen LogP contribution in [-0.4, -0.2) is 42.0 Å². The molecule has 0 aromatic heterocycles. The van der Waals surface area contributed by atoms with Crippen LogP contribution in [0, 0.1) is 11.7 Å². The van der Waals surface area contributed by atoms with Crippen LogP contribution >= 0.6 is 11.8 Å². The Labute approximate surface area is 223 Å². The van der Waals surface area contributed by atoms with E-state index in [-0.39, 0.29) is 23.4 Å². The van der Waals surface area contributed by atoms with E-state index >= 15 is 0 Å². The third-order valence-corrected chi connectivity index (χ3v) is 7.74. The molecule has 1 heterocycles. The minimum absolute atomic E-state index is 0.0340. The number of carbonyl (C=O) groups excluding carboxylic acids is 2. The SMILES string of the molecule is C/C=C/c1ccccc1C(=O)Nc1ccc(SCCCN2CCC(C(=O)c3ccc(F)cc3)CC2)cc1. The zero-order valence-corrected chi connectivity index (χ0v) is 22.0. The molecule has 0 spiro atoms. The maximum absolute atomic E-state index is 13.1. The number of likely N-dealkylation sites (tertiary alicyclic amines) is 1. The first-order chi connectivity index (χ1) is 18.0. The molecular formula is C31H33FN2O2S. The zero-order chi connectivity index (χ0) is 26.0. The highest BCUT2D eigenvalue weighted by molar-refractivity contribution is 7.99. The highest BCUT2D eigenvalue weighted by atomic mass is 32.2. The number of ketones is 1. The second kappa shape index (κ2) is 13.4. The van der Waals surface area contributed by atoms with Crippen molar-refractivity contribution in [2.45, 2.75) is 31.1 Å². The molecule has 3 aromatic carbocycles. The minimum Gasteiger partial charge on any atom is -0.322 e. The van der Waals surface area contributed by atoms with E-state index in [2.05, 4.69) is 10.2 Å². The first kappa shape index (κ1) is 26.8. The van der Waals surface area contributed by atoms with Crippen LogP contribution < -0.4 is 5.32 Å². The fourth-order valence-electron chi connectivity index (χ4n) is 4.61. The minimum atomic E-state index is -0.311. The molecule has 1 fully saturated rings. The molecule has 1 saturated heterocycles. The van der Waals surface area contributed by atoms with E-state index in [9.17, 15) is 14.0 Å². The summed E-state index contributed by atoms with van der Waals surface area (Å²) in [6.45, 7) is 4.80. The van der Waals surface area contributed by atoms with Gasteiger partial charge in [0.15, 0.2) is 5.78 Å². The molecule has 0 aliphatic carbocycles. The number of benzene rings is 3. The first-order valence-electron chi connectivity index (χ1n) is 12.8. The van der Waals surface area contributed by atoms with Crippen LogP contribution in [0.1, 0.15) is 52.5 Å². The van der Waals surface area contributed by atoms with Crippen LogP contribution in [0.2, 0.25) is 0 Å². The molecule has 0 bridgehead atoms. The number of amides is 1. The van der Waals surface area contributed by atoms with Gasteiger partial charge in [-0.05, 0) is 112 Å². The Bertz CT molecular complexity index is 1220. The van der Waals surface area contributed by atoms with E-state index in [1.807, 2.05) is 79.4 Å². The Balaban J connectivity index is 1.16. The van der Waals surface area contributed by atoms with Crippen molar-refractivity contribution in [2.24, 2.45) is 5.92 Å². The quantitative estimate of drug-likeness (QED) is 0.176. The molecule has 0 radical (unpaired) electrons. The average Bonchev–Trinajstić information content (AvgIpc) is 2.93. The number of hydrogen-bond donors (Lipinski definition) is 1. The lowest BCUT2D eigenvalue weighted by molar-refractivity contribution is 0.0840. The lowest BCUT2D eigenvalue weighted by Crippen LogP contribution is -2.37. The van der Waals surface area contributed by atoms with E-state index in [1.165, 1.54) is 17.0 Å². The van der Waals surface area contributed by atoms with E-state index < -0.39 is 0 Å². The number of rotatable bonds is 10. The summed E-state index contributed by atoms with van der Waals surface area (Å²) in [6, 6.07) is 21.4. The second-order valence-electron chi connectivity index (χ2n) is 9.25. The third-order valence-electron chi connectivity index (χ3n) is 6.64. The van der Waals surface area contributed by atoms with E-state index in [0.717, 1.165) is 55.9 Å². The molecular weight excluding hydrogens is 483 g/mol. The fraction of sp³-hybridized carbons (Fsp3) is 0.290. The second-order valence-corrected chi connectivity index (χ2v) is 10.4. The highest BCUT2D eigenvalue weighted by Crippen LogP contribution is 2.24. The normalized spacial score (nSPS) is 14.6. The Hall–Kier alpha value is -3.22. The molecule has 1 amide bonds. The highest BCUT2D eigenvalue weighted by Gasteiger charge is 2.25. The predicted octanol–water partition coefficient (Wildman–Crippen LogP) is 7.19. The smallest absolute Gasteiger partial charge is 0.256 e. The molecule has 6 heteroatoms. The van der Waals surface area contributed by atoms with E-state index in [4.69, 9.17) is 0 Å². The molecule has 1 N–H and O–H groups in total. The first-order valence-corrected chi connectivity index (χ1v) is 13.8. The monoisotopic (exact) mass is 516 g/mol. The summed E-state index contributed by atoms with van der Waals surface area (Å²) in [6.07, 6.45) is 6.65. The van der Waals surface area contributed by atoms with Crippen LogP contribution in [-0.2, 0) is 0 Å². The van der Waals surface area contributed by atoms with Gasteiger partial charge in [0.25, 0.3) is 5.91 Å². The molecule has 0 unspecified atom stereocenters. The Morgan fingerprint density at radius 2 is 1.70 bits per heavy atom. The van der Waals surface area contributed by atoms with Crippen LogP contribution in [0.4, 0.5) is 10.1 Å². The molecule has 4 nitrogen and oxygen atoms in total. The number of Topliss-reactive ketones (excluding diaryl/α,β-unsaturated/α-hetero) is 1. The number of hydrogen-bond acceptors (Lipinski definition) is 4. The molecule has 0 saturated carbocycles. The van der Waals surface area contributed by atoms with Gasteiger partial charge in [0, 0.05) is 27.6 Å². The lowest BCUT2D eigenvalue weighted by atomic mass is 9.89. The number of piperidine rings is 1. The van der Waals surface area contributed by atoms with Crippen molar-refractivity contribution < 1.29 is 14.0 Å². The van der Waals surface area contributed by atoms with Crippen molar-refractivity contribution >= 4 is 35.2 Å². The number of nitrogens with one attached hydrogen (secondary N) is 1. The Morgan fingerprint density at radius 3 is 2.41 bits per heavy atom. The number of thioether (sulfide) groups is 1. The molecule has 192 valence electrons. The molecule has 1 aliphatic heterocycles. The van der Waals surface area contributed by atoms with Gasteiger partial charge in [0.2, 0.25) is 0 Å². The van der Waals surface area contributed by atoms with Gasteiger partial charge in [-0.25, -0.2) is 4.39 Å². The van der Waals surface area contributed by atoms with Gasteiger partial charge < -0.3 is 10.2 Å². The molecule has 3 aromatic rings. The van der Waals surface area contributed by atoms with Gasteiger partial charge >= 0.3 is 0 Å².